The first-order chi connectivity index (χ1) is 6.83. The van der Waals surface area contributed by atoms with Gasteiger partial charge < -0.3 is 0 Å². The third-order valence-corrected chi connectivity index (χ3v) is 1.68. The summed E-state index contributed by atoms with van der Waals surface area (Å²) in [6.45, 7) is 0. The monoisotopic (exact) mass is 178 g/mol. The van der Waals surface area contributed by atoms with Crippen LogP contribution in [-0.2, 0) is 0 Å². The molecule has 64 valence electrons. The maximum absolute atomic E-state index is 8.66. The van der Waals surface area contributed by atoms with Crippen LogP contribution in [0.5, 0.6) is 0 Å². The Morgan fingerprint density at radius 3 is 2.07 bits per heavy atom. The standard InChI is InChI=1S/C12H6N2/c1-2-12(11(8-13)9-14)10-6-4-3-5-7-10/h1,3-7H. The number of hydrogen-bond acceptors (Lipinski definition) is 2. The molecule has 0 atom stereocenters. The van der Waals surface area contributed by atoms with Crippen molar-refractivity contribution in [2.45, 2.75) is 0 Å². The highest BCUT2D eigenvalue weighted by molar-refractivity contribution is 5.85. The van der Waals surface area contributed by atoms with Crippen molar-refractivity contribution in [3.8, 4) is 24.5 Å². The lowest BCUT2D eigenvalue weighted by atomic mass is 10.0. The Morgan fingerprint density at radius 1 is 1.07 bits per heavy atom. The van der Waals surface area contributed by atoms with Gasteiger partial charge in [0.25, 0.3) is 0 Å². The van der Waals surface area contributed by atoms with Gasteiger partial charge >= 0.3 is 0 Å². The SMILES string of the molecule is C#CC(=C(C#N)C#N)c1ccccc1. The quantitative estimate of drug-likeness (QED) is 0.488. The van der Waals surface area contributed by atoms with Gasteiger partial charge in [0.15, 0.2) is 0 Å². The van der Waals surface area contributed by atoms with Gasteiger partial charge in [-0.15, -0.1) is 6.42 Å². The van der Waals surface area contributed by atoms with Gasteiger partial charge in [0.05, 0.1) is 5.57 Å². The molecule has 1 aromatic rings. The minimum Gasteiger partial charge on any atom is -0.192 e. The lowest BCUT2D eigenvalue weighted by Crippen LogP contribution is -1.85. The molecule has 0 saturated carbocycles. The van der Waals surface area contributed by atoms with Gasteiger partial charge in [-0.2, -0.15) is 10.5 Å². The van der Waals surface area contributed by atoms with Crippen LogP contribution in [0, 0.1) is 35.0 Å². The first kappa shape index (κ1) is 9.59. The summed E-state index contributed by atoms with van der Waals surface area (Å²) < 4.78 is 0. The summed E-state index contributed by atoms with van der Waals surface area (Å²) in [6.07, 6.45) is 5.25. The average Bonchev–Trinajstić information content (AvgIpc) is 2.27. The van der Waals surface area contributed by atoms with Gasteiger partial charge in [0.2, 0.25) is 0 Å². The maximum Gasteiger partial charge on any atom is 0.145 e. The minimum atomic E-state index is -0.0290. The van der Waals surface area contributed by atoms with Crippen molar-refractivity contribution in [3.05, 3.63) is 41.5 Å². The molecule has 0 aromatic heterocycles. The first-order valence-electron chi connectivity index (χ1n) is 3.90. The number of allylic oxidation sites excluding steroid dienone is 2. The summed E-state index contributed by atoms with van der Waals surface area (Å²) in [7, 11) is 0. The largest absolute Gasteiger partial charge is 0.192 e. The van der Waals surface area contributed by atoms with Crippen LogP contribution in [0.25, 0.3) is 5.57 Å². The topological polar surface area (TPSA) is 47.6 Å². The number of hydrogen-bond donors (Lipinski definition) is 0. The Hall–Kier alpha value is -2.50. The van der Waals surface area contributed by atoms with Crippen molar-refractivity contribution >= 4 is 5.57 Å². The number of benzene rings is 1. The predicted molar refractivity (Wildman–Crippen MR) is 53.4 cm³/mol. The Morgan fingerprint density at radius 2 is 1.64 bits per heavy atom. The van der Waals surface area contributed by atoms with E-state index in [1.165, 1.54) is 0 Å². The first-order valence-corrected chi connectivity index (χ1v) is 3.90. The molecule has 1 aromatic carbocycles. The van der Waals surface area contributed by atoms with E-state index >= 15 is 0 Å². The third kappa shape index (κ3) is 1.81. The van der Waals surface area contributed by atoms with E-state index in [4.69, 9.17) is 16.9 Å². The number of terminal acetylenes is 1. The van der Waals surface area contributed by atoms with Crippen molar-refractivity contribution in [1.29, 1.82) is 10.5 Å². The molecule has 0 N–H and O–H groups in total. The molecule has 0 saturated heterocycles. The maximum atomic E-state index is 8.66. The molecule has 14 heavy (non-hydrogen) atoms. The lowest BCUT2D eigenvalue weighted by molar-refractivity contribution is 1.46. The molecule has 0 aliphatic heterocycles. The Balaban J connectivity index is 3.36. The molecule has 1 rings (SSSR count). The summed E-state index contributed by atoms with van der Waals surface area (Å²) in [5, 5.41) is 17.3. The third-order valence-electron chi connectivity index (χ3n) is 1.68. The molecule has 0 aliphatic carbocycles. The van der Waals surface area contributed by atoms with Crippen LogP contribution in [0.2, 0.25) is 0 Å². The molecule has 0 fully saturated rings. The van der Waals surface area contributed by atoms with Gasteiger partial charge in [-0.05, 0) is 5.56 Å². The second-order valence-electron chi connectivity index (χ2n) is 2.48. The van der Waals surface area contributed by atoms with Crippen LogP contribution in [0.4, 0.5) is 0 Å². The fourth-order valence-corrected chi connectivity index (χ4v) is 1.04. The highest BCUT2D eigenvalue weighted by Crippen LogP contribution is 2.16. The Kier molecular flexibility index (Phi) is 3.09. The molecule has 0 aliphatic rings. The van der Waals surface area contributed by atoms with Gasteiger partial charge in [-0.25, -0.2) is 0 Å². The van der Waals surface area contributed by atoms with Crippen molar-refractivity contribution in [1.82, 2.24) is 0 Å². The highest BCUT2D eigenvalue weighted by atomic mass is 14.3. The van der Waals surface area contributed by atoms with Crippen molar-refractivity contribution in [2.75, 3.05) is 0 Å². The van der Waals surface area contributed by atoms with Gasteiger partial charge in [0.1, 0.15) is 17.7 Å². The van der Waals surface area contributed by atoms with Crippen LogP contribution in [0.3, 0.4) is 0 Å². The minimum absolute atomic E-state index is 0.0290. The van der Waals surface area contributed by atoms with Gasteiger partial charge in [-0.3, -0.25) is 0 Å². The lowest BCUT2D eigenvalue weighted by Gasteiger charge is -1.98. The van der Waals surface area contributed by atoms with Crippen LogP contribution in [0.1, 0.15) is 5.56 Å². The van der Waals surface area contributed by atoms with E-state index in [1.807, 2.05) is 6.07 Å². The number of nitriles is 2. The molecular formula is C12H6N2. The molecule has 0 heterocycles. The molecule has 0 radical (unpaired) electrons. The molecule has 2 heteroatoms. The van der Waals surface area contributed by atoms with Crippen LogP contribution in [0.15, 0.2) is 35.9 Å². The second-order valence-corrected chi connectivity index (χ2v) is 2.48. The molecule has 0 unspecified atom stereocenters. The van der Waals surface area contributed by atoms with E-state index in [-0.39, 0.29) is 5.57 Å². The Labute approximate surface area is 82.7 Å². The number of rotatable bonds is 1. The highest BCUT2D eigenvalue weighted by Gasteiger charge is 2.04. The Bertz CT molecular complexity index is 460. The number of nitrogens with zero attached hydrogens (tertiary/aromatic N) is 2. The van der Waals surface area contributed by atoms with Crippen molar-refractivity contribution in [2.24, 2.45) is 0 Å². The summed E-state index contributed by atoms with van der Waals surface area (Å²) >= 11 is 0. The summed E-state index contributed by atoms with van der Waals surface area (Å²) in [6, 6.07) is 12.5. The molecule has 0 spiro atoms. The van der Waals surface area contributed by atoms with E-state index in [0.29, 0.717) is 11.1 Å². The van der Waals surface area contributed by atoms with Crippen LogP contribution in [-0.4, -0.2) is 0 Å². The van der Waals surface area contributed by atoms with Gasteiger partial charge in [0, 0.05) is 0 Å². The molecular weight excluding hydrogens is 172 g/mol. The van der Waals surface area contributed by atoms with Crippen molar-refractivity contribution in [3.63, 3.8) is 0 Å². The zero-order chi connectivity index (χ0) is 10.4. The average molecular weight is 178 g/mol. The summed E-state index contributed by atoms with van der Waals surface area (Å²) in [5.41, 5.74) is 1.03. The second kappa shape index (κ2) is 4.51. The van der Waals surface area contributed by atoms with Crippen LogP contribution >= 0.6 is 0 Å². The molecule has 0 amide bonds. The van der Waals surface area contributed by atoms with E-state index in [2.05, 4.69) is 5.92 Å². The normalized spacial score (nSPS) is 7.79. The zero-order valence-electron chi connectivity index (χ0n) is 7.36. The fourth-order valence-electron chi connectivity index (χ4n) is 1.04. The smallest absolute Gasteiger partial charge is 0.145 e. The van der Waals surface area contributed by atoms with E-state index in [1.54, 1.807) is 36.4 Å². The zero-order valence-corrected chi connectivity index (χ0v) is 7.36. The summed E-state index contributed by atoms with van der Waals surface area (Å²) in [4.78, 5) is 0. The summed E-state index contributed by atoms with van der Waals surface area (Å²) in [5.74, 6) is 2.35. The molecule has 2 nitrogen and oxygen atoms in total. The van der Waals surface area contributed by atoms with Gasteiger partial charge in [-0.1, -0.05) is 36.3 Å². The predicted octanol–water partition coefficient (Wildman–Crippen LogP) is 2.12. The molecule has 0 bridgehead atoms. The fraction of sp³-hybridized carbons (Fsp3) is 0. The van der Waals surface area contributed by atoms with E-state index in [0.717, 1.165) is 0 Å². The van der Waals surface area contributed by atoms with E-state index in [9.17, 15) is 0 Å². The van der Waals surface area contributed by atoms with E-state index < -0.39 is 0 Å². The van der Waals surface area contributed by atoms with Crippen LogP contribution < -0.4 is 0 Å². The van der Waals surface area contributed by atoms with Crippen molar-refractivity contribution < 1.29 is 0 Å².